The highest BCUT2D eigenvalue weighted by Crippen LogP contribution is 2.55. The van der Waals surface area contributed by atoms with Gasteiger partial charge in [-0.15, -0.1) is 0 Å². The molecule has 0 saturated heterocycles. The standard InChI is InChI=1S/C6H12NP/c1-3-7(4-2)8-5-6-8/h5-6H,3-4H2,1-2H3. The number of hydrogen-bond acceptors (Lipinski definition) is 1. The fourth-order valence-electron chi connectivity index (χ4n) is 0.769. The quantitative estimate of drug-likeness (QED) is 0.528. The highest BCUT2D eigenvalue weighted by molar-refractivity contribution is 7.68. The van der Waals surface area contributed by atoms with Gasteiger partial charge in [-0.05, 0) is 24.7 Å². The molecule has 0 N–H and O–H groups in total. The topological polar surface area (TPSA) is 3.24 Å². The van der Waals surface area contributed by atoms with Crippen molar-refractivity contribution < 1.29 is 0 Å². The Kier molecular flexibility index (Phi) is 2.04. The normalized spacial score (nSPS) is 17.9. The van der Waals surface area contributed by atoms with Crippen LogP contribution in [0.25, 0.3) is 0 Å². The van der Waals surface area contributed by atoms with Gasteiger partial charge in [0.2, 0.25) is 0 Å². The maximum Gasteiger partial charge on any atom is 0.0131 e. The van der Waals surface area contributed by atoms with E-state index in [1.807, 2.05) is 0 Å². The van der Waals surface area contributed by atoms with Crippen LogP contribution in [0.3, 0.4) is 0 Å². The van der Waals surface area contributed by atoms with Gasteiger partial charge in [0.15, 0.2) is 0 Å². The zero-order chi connectivity index (χ0) is 5.98. The van der Waals surface area contributed by atoms with Gasteiger partial charge >= 0.3 is 0 Å². The zero-order valence-electron chi connectivity index (χ0n) is 5.46. The third-order valence-electron chi connectivity index (χ3n) is 1.34. The zero-order valence-corrected chi connectivity index (χ0v) is 6.36. The second-order valence-electron chi connectivity index (χ2n) is 1.82. The molecule has 0 amide bonds. The van der Waals surface area contributed by atoms with Gasteiger partial charge in [0.25, 0.3) is 0 Å². The fourth-order valence-corrected chi connectivity index (χ4v) is 2.04. The molecular weight excluding hydrogens is 117 g/mol. The largest absolute Gasteiger partial charge is 0.276 e. The summed E-state index contributed by atoms with van der Waals surface area (Å²) in [5.74, 6) is 4.59. The summed E-state index contributed by atoms with van der Waals surface area (Å²) in [6.45, 7) is 6.84. The van der Waals surface area contributed by atoms with E-state index in [-0.39, 0.29) is 8.07 Å². The predicted octanol–water partition coefficient (Wildman–Crippen LogP) is 2.21. The maximum absolute atomic E-state index is 2.48. The predicted molar refractivity (Wildman–Crippen MR) is 39.0 cm³/mol. The van der Waals surface area contributed by atoms with E-state index in [1.165, 1.54) is 13.1 Å². The first-order valence-corrected chi connectivity index (χ1v) is 4.53. The Morgan fingerprint density at radius 1 is 1.25 bits per heavy atom. The van der Waals surface area contributed by atoms with Crippen molar-refractivity contribution in [1.82, 2.24) is 4.67 Å². The summed E-state index contributed by atoms with van der Waals surface area (Å²) < 4.78 is 2.48. The van der Waals surface area contributed by atoms with Gasteiger partial charge < -0.3 is 0 Å². The SMILES string of the molecule is CCN(CC)P1C=C1. The van der Waals surface area contributed by atoms with Crippen molar-refractivity contribution in [2.45, 2.75) is 13.8 Å². The molecule has 0 aliphatic carbocycles. The lowest BCUT2D eigenvalue weighted by molar-refractivity contribution is 0.516. The van der Waals surface area contributed by atoms with Gasteiger partial charge in [0, 0.05) is 8.07 Å². The highest BCUT2D eigenvalue weighted by Gasteiger charge is 2.16. The van der Waals surface area contributed by atoms with E-state index >= 15 is 0 Å². The molecule has 0 atom stereocenters. The second kappa shape index (κ2) is 2.61. The molecule has 0 spiro atoms. The first-order valence-electron chi connectivity index (χ1n) is 3.10. The molecule has 0 unspecified atom stereocenters. The van der Waals surface area contributed by atoms with Gasteiger partial charge in [-0.1, -0.05) is 13.8 Å². The summed E-state index contributed by atoms with van der Waals surface area (Å²) in [4.78, 5) is 0. The van der Waals surface area contributed by atoms with Gasteiger partial charge in [-0.2, -0.15) is 0 Å². The summed E-state index contributed by atoms with van der Waals surface area (Å²) in [7, 11) is 0.169. The van der Waals surface area contributed by atoms with E-state index in [0.29, 0.717) is 0 Å². The summed E-state index contributed by atoms with van der Waals surface area (Å²) in [6, 6.07) is 0. The summed E-state index contributed by atoms with van der Waals surface area (Å²) in [6.07, 6.45) is 0. The lowest BCUT2D eigenvalue weighted by Gasteiger charge is -2.15. The van der Waals surface area contributed by atoms with Gasteiger partial charge in [0.1, 0.15) is 0 Å². The third-order valence-corrected chi connectivity index (χ3v) is 3.12. The average molecular weight is 129 g/mol. The van der Waals surface area contributed by atoms with Crippen LogP contribution in [0, 0.1) is 0 Å². The fraction of sp³-hybridized carbons (Fsp3) is 0.667. The van der Waals surface area contributed by atoms with Gasteiger partial charge in [0.05, 0.1) is 0 Å². The molecule has 0 radical (unpaired) electrons. The average Bonchev–Trinajstić information content (AvgIpc) is 2.53. The molecule has 0 fully saturated rings. The molecule has 8 heavy (non-hydrogen) atoms. The Labute approximate surface area is 52.2 Å². The van der Waals surface area contributed by atoms with Crippen molar-refractivity contribution in [2.24, 2.45) is 0 Å². The van der Waals surface area contributed by atoms with E-state index < -0.39 is 0 Å². The first kappa shape index (κ1) is 6.25. The molecule has 2 heteroatoms. The van der Waals surface area contributed by atoms with Crippen LogP contribution in [0.1, 0.15) is 13.8 Å². The molecule has 0 bridgehead atoms. The van der Waals surface area contributed by atoms with Crippen LogP contribution in [-0.2, 0) is 0 Å². The van der Waals surface area contributed by atoms with Crippen LogP contribution >= 0.6 is 8.07 Å². The minimum absolute atomic E-state index is 0.169. The third kappa shape index (κ3) is 1.30. The molecule has 1 rings (SSSR count). The molecule has 0 aromatic rings. The molecular formula is C6H12NP. The van der Waals surface area contributed by atoms with Crippen molar-refractivity contribution in [3.8, 4) is 0 Å². The minimum Gasteiger partial charge on any atom is -0.276 e. The van der Waals surface area contributed by atoms with E-state index in [9.17, 15) is 0 Å². The van der Waals surface area contributed by atoms with E-state index in [4.69, 9.17) is 0 Å². The Hall–Kier alpha value is 0.130. The van der Waals surface area contributed by atoms with Crippen LogP contribution < -0.4 is 0 Å². The highest BCUT2D eigenvalue weighted by atomic mass is 31.1. The molecule has 1 heterocycles. The molecule has 46 valence electrons. The number of nitrogens with zero attached hydrogens (tertiary/aromatic N) is 1. The van der Waals surface area contributed by atoms with Crippen molar-refractivity contribution >= 4 is 8.07 Å². The van der Waals surface area contributed by atoms with Crippen molar-refractivity contribution in [1.29, 1.82) is 0 Å². The lowest BCUT2D eigenvalue weighted by atomic mass is 10.7. The maximum atomic E-state index is 2.48. The second-order valence-corrected chi connectivity index (χ2v) is 3.74. The smallest absolute Gasteiger partial charge is 0.0131 e. The number of hydrogen-bond donors (Lipinski definition) is 0. The van der Waals surface area contributed by atoms with E-state index in [1.54, 1.807) is 0 Å². The molecule has 1 aliphatic rings. The monoisotopic (exact) mass is 129 g/mol. The Morgan fingerprint density at radius 2 is 1.75 bits per heavy atom. The summed E-state index contributed by atoms with van der Waals surface area (Å²) in [5, 5.41) is 0. The van der Waals surface area contributed by atoms with E-state index in [2.05, 4.69) is 30.2 Å². The van der Waals surface area contributed by atoms with Crippen molar-refractivity contribution in [2.75, 3.05) is 13.1 Å². The summed E-state index contributed by atoms with van der Waals surface area (Å²) in [5.41, 5.74) is 0. The number of rotatable bonds is 3. The van der Waals surface area contributed by atoms with Gasteiger partial charge in [-0.25, -0.2) is 0 Å². The van der Waals surface area contributed by atoms with Crippen LogP contribution in [0.15, 0.2) is 11.6 Å². The molecule has 1 nitrogen and oxygen atoms in total. The van der Waals surface area contributed by atoms with Crippen LogP contribution in [0.5, 0.6) is 0 Å². The van der Waals surface area contributed by atoms with Gasteiger partial charge in [-0.3, -0.25) is 4.67 Å². The van der Waals surface area contributed by atoms with Crippen LogP contribution in [0.2, 0.25) is 0 Å². The van der Waals surface area contributed by atoms with Crippen LogP contribution in [0.4, 0.5) is 0 Å². The Bertz CT molecular complexity index is 90.7. The molecule has 0 aromatic carbocycles. The summed E-state index contributed by atoms with van der Waals surface area (Å²) >= 11 is 0. The first-order chi connectivity index (χ1) is 3.88. The minimum atomic E-state index is 0.169. The Balaban J connectivity index is 2.17. The molecule has 1 aliphatic heterocycles. The van der Waals surface area contributed by atoms with Crippen molar-refractivity contribution in [3.05, 3.63) is 11.6 Å². The molecule has 0 saturated carbocycles. The Morgan fingerprint density at radius 3 is 1.88 bits per heavy atom. The molecule has 0 aromatic heterocycles. The van der Waals surface area contributed by atoms with Crippen molar-refractivity contribution in [3.63, 3.8) is 0 Å². The van der Waals surface area contributed by atoms with Crippen LogP contribution in [-0.4, -0.2) is 17.8 Å². The lowest BCUT2D eigenvalue weighted by Crippen LogP contribution is -2.11. The van der Waals surface area contributed by atoms with E-state index in [0.717, 1.165) is 0 Å².